The van der Waals surface area contributed by atoms with Crippen LogP contribution in [0.15, 0.2) is 41.3 Å². The number of hydrogen-bond acceptors (Lipinski definition) is 5. The molecule has 1 aliphatic heterocycles. The molecule has 7 heteroatoms. The summed E-state index contributed by atoms with van der Waals surface area (Å²) >= 11 is 0. The second-order valence-electron chi connectivity index (χ2n) is 6.70. The van der Waals surface area contributed by atoms with Gasteiger partial charge in [-0.05, 0) is 55.3 Å². The van der Waals surface area contributed by atoms with Crippen LogP contribution in [0.1, 0.15) is 11.1 Å². The van der Waals surface area contributed by atoms with Gasteiger partial charge in [-0.25, -0.2) is 8.42 Å². The fourth-order valence-electron chi connectivity index (χ4n) is 3.38. The lowest BCUT2D eigenvalue weighted by Crippen LogP contribution is -2.48. The smallest absolute Gasteiger partial charge is 0.243 e. The summed E-state index contributed by atoms with van der Waals surface area (Å²) in [5, 5.41) is 0. The van der Waals surface area contributed by atoms with Crippen molar-refractivity contribution < 1.29 is 17.9 Å². The lowest BCUT2D eigenvalue weighted by atomic mass is 10.1. The van der Waals surface area contributed by atoms with Gasteiger partial charge >= 0.3 is 0 Å². The van der Waals surface area contributed by atoms with Gasteiger partial charge in [0.25, 0.3) is 0 Å². The van der Waals surface area contributed by atoms with Gasteiger partial charge in [0, 0.05) is 26.2 Å². The molecule has 0 N–H and O–H groups in total. The van der Waals surface area contributed by atoms with Crippen molar-refractivity contribution in [1.82, 2.24) is 4.31 Å². The Hall–Kier alpha value is -2.25. The normalized spacial score (nSPS) is 15.6. The van der Waals surface area contributed by atoms with Gasteiger partial charge in [0.1, 0.15) is 11.5 Å². The number of piperazine rings is 1. The summed E-state index contributed by atoms with van der Waals surface area (Å²) in [5.74, 6) is 1.49. The Labute approximate surface area is 161 Å². The summed E-state index contributed by atoms with van der Waals surface area (Å²) in [6, 6.07) is 11.0. The molecular weight excluding hydrogens is 364 g/mol. The lowest BCUT2D eigenvalue weighted by molar-refractivity contribution is 0.378. The molecule has 0 aliphatic carbocycles. The second-order valence-corrected chi connectivity index (χ2v) is 8.64. The highest BCUT2D eigenvalue weighted by atomic mass is 32.2. The number of rotatable bonds is 5. The summed E-state index contributed by atoms with van der Waals surface area (Å²) in [4.78, 5) is 2.49. The molecule has 0 bridgehead atoms. The van der Waals surface area contributed by atoms with Crippen molar-refractivity contribution in [3.8, 4) is 11.5 Å². The fraction of sp³-hybridized carbons (Fsp3) is 0.400. The van der Waals surface area contributed by atoms with Crippen LogP contribution in [0.5, 0.6) is 11.5 Å². The minimum absolute atomic E-state index is 0.308. The van der Waals surface area contributed by atoms with Gasteiger partial charge in [0.05, 0.1) is 24.8 Å². The molecule has 1 saturated heterocycles. The van der Waals surface area contributed by atoms with Crippen LogP contribution < -0.4 is 14.4 Å². The van der Waals surface area contributed by atoms with Gasteiger partial charge in [-0.3, -0.25) is 0 Å². The van der Waals surface area contributed by atoms with Crippen molar-refractivity contribution in [2.75, 3.05) is 45.3 Å². The van der Waals surface area contributed by atoms with Crippen LogP contribution in [-0.4, -0.2) is 53.1 Å². The van der Waals surface area contributed by atoms with Crippen molar-refractivity contribution in [3.05, 3.63) is 47.5 Å². The molecule has 2 aromatic carbocycles. The summed E-state index contributed by atoms with van der Waals surface area (Å²) in [7, 11) is -0.287. The first-order chi connectivity index (χ1) is 12.9. The largest absolute Gasteiger partial charge is 0.496 e. The maximum Gasteiger partial charge on any atom is 0.243 e. The predicted octanol–water partition coefficient (Wildman–Crippen LogP) is 2.83. The lowest BCUT2D eigenvalue weighted by Gasteiger charge is -2.36. The van der Waals surface area contributed by atoms with E-state index in [2.05, 4.69) is 11.0 Å². The van der Waals surface area contributed by atoms with Crippen molar-refractivity contribution >= 4 is 15.7 Å². The zero-order valence-corrected chi connectivity index (χ0v) is 17.0. The number of methoxy groups -OCH3 is 2. The van der Waals surface area contributed by atoms with Gasteiger partial charge in [0.2, 0.25) is 10.0 Å². The summed E-state index contributed by atoms with van der Waals surface area (Å²) in [5.41, 5.74) is 2.96. The first-order valence-electron chi connectivity index (χ1n) is 8.91. The Bertz CT molecular complexity index is 920. The van der Waals surface area contributed by atoms with Crippen LogP contribution in [-0.2, 0) is 10.0 Å². The van der Waals surface area contributed by atoms with E-state index in [1.54, 1.807) is 36.7 Å². The highest BCUT2D eigenvalue weighted by Gasteiger charge is 2.29. The molecule has 0 radical (unpaired) electrons. The van der Waals surface area contributed by atoms with Gasteiger partial charge in [-0.15, -0.1) is 0 Å². The maximum atomic E-state index is 13.0. The van der Waals surface area contributed by atoms with Crippen LogP contribution in [0, 0.1) is 13.8 Å². The van der Waals surface area contributed by atoms with E-state index in [-0.39, 0.29) is 0 Å². The molecule has 2 aromatic rings. The Balaban J connectivity index is 1.77. The molecule has 1 fully saturated rings. The number of aryl methyl sites for hydroxylation is 2. The molecular formula is C20H26N2O4S. The molecule has 6 nitrogen and oxygen atoms in total. The van der Waals surface area contributed by atoms with Crippen LogP contribution >= 0.6 is 0 Å². The van der Waals surface area contributed by atoms with E-state index in [1.807, 2.05) is 26.0 Å². The minimum Gasteiger partial charge on any atom is -0.496 e. The van der Waals surface area contributed by atoms with E-state index in [0.717, 1.165) is 22.6 Å². The third-order valence-corrected chi connectivity index (χ3v) is 6.81. The molecule has 0 unspecified atom stereocenters. The Morgan fingerprint density at radius 1 is 0.852 bits per heavy atom. The molecule has 0 atom stereocenters. The summed E-state index contributed by atoms with van der Waals surface area (Å²) in [6.45, 7) is 5.99. The monoisotopic (exact) mass is 390 g/mol. The number of hydrogen-bond donors (Lipinski definition) is 0. The first kappa shape index (κ1) is 19.5. The van der Waals surface area contributed by atoms with Crippen molar-refractivity contribution in [3.63, 3.8) is 0 Å². The minimum atomic E-state index is -3.52. The average Bonchev–Trinajstić information content (AvgIpc) is 2.68. The SMILES string of the molecule is COc1ccc(S(=O)(=O)N2CCN(c3cc(C)ccc3OC)CC2)cc1C. The van der Waals surface area contributed by atoms with E-state index in [0.29, 0.717) is 36.8 Å². The van der Waals surface area contributed by atoms with Gasteiger partial charge in [0.15, 0.2) is 0 Å². The molecule has 146 valence electrons. The number of sulfonamides is 1. The van der Waals surface area contributed by atoms with E-state index >= 15 is 0 Å². The molecule has 27 heavy (non-hydrogen) atoms. The summed E-state index contributed by atoms with van der Waals surface area (Å²) in [6.07, 6.45) is 0. The zero-order valence-electron chi connectivity index (χ0n) is 16.2. The van der Waals surface area contributed by atoms with Crippen LogP contribution in [0.4, 0.5) is 5.69 Å². The quantitative estimate of drug-likeness (QED) is 0.786. The number of benzene rings is 2. The first-order valence-corrected chi connectivity index (χ1v) is 10.3. The standard InChI is InChI=1S/C20H26N2O4S/c1-15-5-7-20(26-4)18(13-15)21-9-11-22(12-10-21)27(23,24)17-6-8-19(25-3)16(2)14-17/h5-8,13-14H,9-12H2,1-4H3. The Kier molecular flexibility index (Phi) is 5.62. The molecule has 0 amide bonds. The van der Waals surface area contributed by atoms with Gasteiger partial charge < -0.3 is 14.4 Å². The van der Waals surface area contributed by atoms with Gasteiger partial charge in [-0.1, -0.05) is 6.07 Å². The van der Waals surface area contributed by atoms with E-state index in [1.165, 1.54) is 0 Å². The highest BCUT2D eigenvalue weighted by molar-refractivity contribution is 7.89. The van der Waals surface area contributed by atoms with Crippen molar-refractivity contribution in [1.29, 1.82) is 0 Å². The highest BCUT2D eigenvalue weighted by Crippen LogP contribution is 2.31. The maximum absolute atomic E-state index is 13.0. The zero-order chi connectivity index (χ0) is 19.6. The molecule has 0 aromatic heterocycles. The number of nitrogens with zero attached hydrogens (tertiary/aromatic N) is 2. The fourth-order valence-corrected chi connectivity index (χ4v) is 4.88. The Morgan fingerprint density at radius 3 is 2.07 bits per heavy atom. The molecule has 0 spiro atoms. The molecule has 1 heterocycles. The van der Waals surface area contributed by atoms with Gasteiger partial charge in [-0.2, -0.15) is 4.31 Å². The molecule has 1 aliphatic rings. The number of ether oxygens (including phenoxy) is 2. The topological polar surface area (TPSA) is 59.1 Å². The third-order valence-electron chi connectivity index (χ3n) is 4.92. The van der Waals surface area contributed by atoms with Crippen LogP contribution in [0.25, 0.3) is 0 Å². The third kappa shape index (κ3) is 3.89. The molecule has 3 rings (SSSR count). The average molecular weight is 391 g/mol. The van der Waals surface area contributed by atoms with Crippen LogP contribution in [0.3, 0.4) is 0 Å². The van der Waals surface area contributed by atoms with Crippen molar-refractivity contribution in [2.45, 2.75) is 18.7 Å². The van der Waals surface area contributed by atoms with E-state index in [4.69, 9.17) is 9.47 Å². The number of anilines is 1. The van der Waals surface area contributed by atoms with E-state index in [9.17, 15) is 8.42 Å². The predicted molar refractivity (Wildman–Crippen MR) is 106 cm³/mol. The molecule has 0 saturated carbocycles. The van der Waals surface area contributed by atoms with Crippen LogP contribution in [0.2, 0.25) is 0 Å². The second kappa shape index (κ2) is 7.78. The van der Waals surface area contributed by atoms with Crippen molar-refractivity contribution in [2.24, 2.45) is 0 Å². The Morgan fingerprint density at radius 2 is 1.48 bits per heavy atom. The summed E-state index contributed by atoms with van der Waals surface area (Å²) < 4.78 is 38.2. The van der Waals surface area contributed by atoms with E-state index < -0.39 is 10.0 Å².